The molecule has 0 spiro atoms. The summed E-state index contributed by atoms with van der Waals surface area (Å²) in [4.78, 5) is 27.9. The van der Waals surface area contributed by atoms with E-state index < -0.39 is 6.04 Å². The maximum absolute atomic E-state index is 13.4. The molecular weight excluding hydrogens is 397 g/mol. The molecule has 0 bridgehead atoms. The number of aromatic nitrogens is 4. The minimum absolute atomic E-state index is 0.0863. The van der Waals surface area contributed by atoms with Crippen LogP contribution in [-0.4, -0.2) is 49.9 Å². The SMILES string of the molecule is Cc1nnnn1[C@@H](Cc1ccc(F)cc1)C(=O)N1CCC(C(=O)c2ccccc2)CC1. The van der Waals surface area contributed by atoms with Crippen molar-refractivity contribution in [3.63, 3.8) is 0 Å². The molecule has 1 aromatic heterocycles. The Hall–Kier alpha value is -3.42. The van der Waals surface area contributed by atoms with Crippen molar-refractivity contribution in [3.05, 3.63) is 77.4 Å². The number of aryl methyl sites for hydroxylation is 1. The second kappa shape index (κ2) is 9.16. The van der Waals surface area contributed by atoms with Crippen LogP contribution < -0.4 is 0 Å². The molecule has 0 unspecified atom stereocenters. The van der Waals surface area contributed by atoms with Gasteiger partial charge in [-0.2, -0.15) is 0 Å². The van der Waals surface area contributed by atoms with Crippen LogP contribution in [0.2, 0.25) is 0 Å². The molecule has 1 saturated heterocycles. The maximum Gasteiger partial charge on any atom is 0.247 e. The van der Waals surface area contributed by atoms with Gasteiger partial charge in [0.05, 0.1) is 0 Å². The molecule has 1 atom stereocenters. The Morgan fingerprint density at radius 2 is 1.74 bits per heavy atom. The van der Waals surface area contributed by atoms with Gasteiger partial charge in [-0.05, 0) is 47.9 Å². The van der Waals surface area contributed by atoms with E-state index in [9.17, 15) is 14.0 Å². The van der Waals surface area contributed by atoms with Crippen LogP contribution in [0.25, 0.3) is 0 Å². The zero-order valence-corrected chi connectivity index (χ0v) is 17.3. The lowest BCUT2D eigenvalue weighted by atomic mass is 9.88. The lowest BCUT2D eigenvalue weighted by molar-refractivity contribution is -0.136. The minimum Gasteiger partial charge on any atom is -0.341 e. The van der Waals surface area contributed by atoms with Crippen LogP contribution in [-0.2, 0) is 11.2 Å². The van der Waals surface area contributed by atoms with E-state index in [1.54, 1.807) is 24.0 Å². The van der Waals surface area contributed by atoms with Crippen LogP contribution in [0.3, 0.4) is 0 Å². The van der Waals surface area contributed by atoms with Crippen molar-refractivity contribution in [1.82, 2.24) is 25.1 Å². The standard InChI is InChI=1S/C23H24FN5O2/c1-16-25-26-27-29(16)21(15-17-7-9-20(24)10-8-17)23(31)28-13-11-19(12-14-28)22(30)18-5-3-2-4-6-18/h2-10,19,21H,11-15H2,1H3/t21-/m0/s1. The largest absolute Gasteiger partial charge is 0.341 e. The number of rotatable bonds is 6. The Bertz CT molecular complexity index is 1040. The number of likely N-dealkylation sites (tertiary alicyclic amines) is 1. The second-order valence-corrected chi connectivity index (χ2v) is 7.85. The number of amides is 1. The predicted molar refractivity (Wildman–Crippen MR) is 112 cm³/mol. The van der Waals surface area contributed by atoms with Crippen molar-refractivity contribution in [1.29, 1.82) is 0 Å². The molecule has 3 aromatic rings. The first kappa shape index (κ1) is 20.8. The summed E-state index contributed by atoms with van der Waals surface area (Å²) in [7, 11) is 0. The van der Waals surface area contributed by atoms with Gasteiger partial charge in [-0.15, -0.1) is 5.10 Å². The second-order valence-electron chi connectivity index (χ2n) is 7.85. The Morgan fingerprint density at radius 1 is 1.06 bits per heavy atom. The number of nitrogens with zero attached hydrogens (tertiary/aromatic N) is 5. The van der Waals surface area contributed by atoms with Crippen LogP contribution in [0.4, 0.5) is 4.39 Å². The Balaban J connectivity index is 1.47. The molecule has 8 heteroatoms. The lowest BCUT2D eigenvalue weighted by Crippen LogP contribution is -2.44. The molecule has 0 aliphatic carbocycles. The van der Waals surface area contributed by atoms with Gasteiger partial charge in [0.15, 0.2) is 5.78 Å². The van der Waals surface area contributed by atoms with Gasteiger partial charge >= 0.3 is 0 Å². The quantitative estimate of drug-likeness (QED) is 0.572. The summed E-state index contributed by atoms with van der Waals surface area (Å²) in [5, 5.41) is 11.6. The maximum atomic E-state index is 13.4. The topological polar surface area (TPSA) is 81.0 Å². The number of Topliss-reactive ketones (excluding diaryl/α,β-unsaturated/α-hetero) is 1. The van der Waals surface area contributed by atoms with Crippen LogP contribution in [0.1, 0.15) is 40.6 Å². The van der Waals surface area contributed by atoms with Gasteiger partial charge in [0, 0.05) is 31.0 Å². The molecule has 2 aromatic carbocycles. The molecule has 160 valence electrons. The molecule has 1 aliphatic heterocycles. The van der Waals surface area contributed by atoms with Crippen LogP contribution in [0.15, 0.2) is 54.6 Å². The molecule has 7 nitrogen and oxygen atoms in total. The smallest absolute Gasteiger partial charge is 0.247 e. The van der Waals surface area contributed by atoms with Crippen LogP contribution in [0.5, 0.6) is 0 Å². The van der Waals surface area contributed by atoms with Crippen molar-refractivity contribution in [3.8, 4) is 0 Å². The average molecular weight is 421 g/mol. The third-order valence-corrected chi connectivity index (χ3v) is 5.82. The van der Waals surface area contributed by atoms with Crippen molar-refractivity contribution in [2.24, 2.45) is 5.92 Å². The number of carbonyl (C=O) groups is 2. The summed E-state index contributed by atoms with van der Waals surface area (Å²) in [6, 6.07) is 14.7. The summed E-state index contributed by atoms with van der Waals surface area (Å²) < 4.78 is 14.8. The number of halogens is 1. The van der Waals surface area contributed by atoms with Crippen LogP contribution >= 0.6 is 0 Å². The van der Waals surface area contributed by atoms with E-state index in [0.717, 1.165) is 5.56 Å². The molecule has 0 radical (unpaired) electrons. The minimum atomic E-state index is -0.623. The van der Waals surface area contributed by atoms with E-state index in [0.29, 0.717) is 43.7 Å². The zero-order valence-electron chi connectivity index (χ0n) is 17.3. The van der Waals surface area contributed by atoms with Gasteiger partial charge in [0.1, 0.15) is 17.7 Å². The normalized spacial score (nSPS) is 15.6. The summed E-state index contributed by atoms with van der Waals surface area (Å²) in [6.07, 6.45) is 1.60. The Morgan fingerprint density at radius 3 is 2.35 bits per heavy atom. The fourth-order valence-electron chi connectivity index (χ4n) is 4.06. The van der Waals surface area contributed by atoms with E-state index >= 15 is 0 Å². The van der Waals surface area contributed by atoms with Gasteiger partial charge < -0.3 is 4.90 Å². The van der Waals surface area contributed by atoms with Crippen molar-refractivity contribution < 1.29 is 14.0 Å². The number of hydrogen-bond donors (Lipinski definition) is 0. The number of tetrazole rings is 1. The van der Waals surface area contributed by atoms with Gasteiger partial charge in [-0.25, -0.2) is 9.07 Å². The molecule has 4 rings (SSSR count). The third-order valence-electron chi connectivity index (χ3n) is 5.82. The van der Waals surface area contributed by atoms with Gasteiger partial charge in [-0.1, -0.05) is 42.5 Å². The summed E-state index contributed by atoms with van der Waals surface area (Å²) in [6.45, 7) is 2.75. The number of ketones is 1. The van der Waals surface area contributed by atoms with Crippen molar-refractivity contribution in [2.75, 3.05) is 13.1 Å². The summed E-state index contributed by atoms with van der Waals surface area (Å²) in [5.41, 5.74) is 1.54. The van der Waals surface area contributed by atoms with Gasteiger partial charge in [-0.3, -0.25) is 9.59 Å². The fraction of sp³-hybridized carbons (Fsp3) is 0.348. The number of carbonyl (C=O) groups excluding carboxylic acids is 2. The van der Waals surface area contributed by atoms with Crippen molar-refractivity contribution >= 4 is 11.7 Å². The Labute approximate surface area is 179 Å². The first-order valence-electron chi connectivity index (χ1n) is 10.4. The first-order chi connectivity index (χ1) is 15.0. The molecule has 0 N–H and O–H groups in total. The molecule has 1 fully saturated rings. The predicted octanol–water partition coefficient (Wildman–Crippen LogP) is 3.03. The lowest BCUT2D eigenvalue weighted by Gasteiger charge is -2.33. The monoisotopic (exact) mass is 421 g/mol. The summed E-state index contributed by atoms with van der Waals surface area (Å²) in [5.74, 6) is 0.166. The summed E-state index contributed by atoms with van der Waals surface area (Å²) >= 11 is 0. The van der Waals surface area contributed by atoms with E-state index in [1.807, 2.05) is 30.3 Å². The zero-order chi connectivity index (χ0) is 21.8. The highest BCUT2D eigenvalue weighted by Gasteiger charge is 2.33. The van der Waals surface area contributed by atoms with Gasteiger partial charge in [0.2, 0.25) is 5.91 Å². The highest BCUT2D eigenvalue weighted by molar-refractivity contribution is 5.98. The molecule has 31 heavy (non-hydrogen) atoms. The van der Waals surface area contributed by atoms with E-state index in [-0.39, 0.29) is 23.4 Å². The average Bonchev–Trinajstić information content (AvgIpc) is 3.24. The van der Waals surface area contributed by atoms with Crippen molar-refractivity contribution in [2.45, 2.75) is 32.2 Å². The number of benzene rings is 2. The molecule has 0 saturated carbocycles. The number of hydrogen-bond acceptors (Lipinski definition) is 5. The first-order valence-corrected chi connectivity index (χ1v) is 10.4. The number of piperidine rings is 1. The fourth-order valence-corrected chi connectivity index (χ4v) is 4.06. The highest BCUT2D eigenvalue weighted by atomic mass is 19.1. The highest BCUT2D eigenvalue weighted by Crippen LogP contribution is 2.25. The molecule has 2 heterocycles. The molecular formula is C23H24FN5O2. The molecule has 1 amide bonds. The van der Waals surface area contributed by atoms with Gasteiger partial charge in [0.25, 0.3) is 0 Å². The van der Waals surface area contributed by atoms with E-state index in [2.05, 4.69) is 15.5 Å². The van der Waals surface area contributed by atoms with Crippen LogP contribution in [0, 0.1) is 18.7 Å². The van der Waals surface area contributed by atoms with E-state index in [4.69, 9.17) is 0 Å². The molecule has 1 aliphatic rings. The third kappa shape index (κ3) is 4.68. The van der Waals surface area contributed by atoms with E-state index in [1.165, 1.54) is 16.8 Å². The Kier molecular flexibility index (Phi) is 6.16.